The Morgan fingerprint density at radius 3 is 2.48 bits per heavy atom. The van der Waals surface area contributed by atoms with Gasteiger partial charge in [0.1, 0.15) is 0 Å². The highest BCUT2D eigenvalue weighted by Crippen LogP contribution is 2.16. The van der Waals surface area contributed by atoms with E-state index < -0.39 is 11.6 Å². The van der Waals surface area contributed by atoms with Crippen LogP contribution in [-0.2, 0) is 6.54 Å². The minimum absolute atomic E-state index is 0.242. The number of hydrogen-bond donors (Lipinski definition) is 2. The van der Waals surface area contributed by atoms with Crippen molar-refractivity contribution in [1.82, 2.24) is 10.6 Å². The van der Waals surface area contributed by atoms with Gasteiger partial charge >= 0.3 is 0 Å². The maximum absolute atomic E-state index is 13.4. The molecule has 0 radical (unpaired) electrons. The molecule has 1 unspecified atom stereocenters. The Morgan fingerprint density at radius 2 is 1.88 bits per heavy atom. The summed E-state index contributed by atoms with van der Waals surface area (Å²) in [7, 11) is 0. The second kappa shape index (κ2) is 8.78. The third kappa shape index (κ3) is 5.28. The molecule has 0 bridgehead atoms. The maximum Gasteiger partial charge on any atom is 0.192 e. The van der Waals surface area contributed by atoms with Crippen LogP contribution in [-0.4, -0.2) is 12.5 Å². The Bertz CT molecular complexity index is 779. The first-order valence-corrected chi connectivity index (χ1v) is 8.02. The molecule has 0 aliphatic carbocycles. The average Bonchev–Trinajstić information content (AvgIpc) is 2.62. The van der Waals surface area contributed by atoms with Crippen molar-refractivity contribution in [3.8, 4) is 6.07 Å². The molecule has 0 amide bonds. The van der Waals surface area contributed by atoms with E-state index in [4.69, 9.17) is 5.26 Å². The van der Waals surface area contributed by atoms with E-state index in [1.807, 2.05) is 26.0 Å². The predicted molar refractivity (Wildman–Crippen MR) is 93.9 cm³/mol. The Morgan fingerprint density at radius 1 is 1.16 bits per heavy atom. The maximum atomic E-state index is 13.4. The van der Waals surface area contributed by atoms with Crippen molar-refractivity contribution < 1.29 is 8.78 Å². The van der Waals surface area contributed by atoms with Crippen LogP contribution in [0.4, 0.5) is 8.78 Å². The van der Waals surface area contributed by atoms with Gasteiger partial charge in [0.25, 0.3) is 0 Å². The Hall–Kier alpha value is -2.94. The number of hydrogen-bond acceptors (Lipinski definition) is 2. The zero-order chi connectivity index (χ0) is 18.2. The first-order chi connectivity index (χ1) is 12.0. The van der Waals surface area contributed by atoms with Crippen LogP contribution in [0.5, 0.6) is 0 Å². The van der Waals surface area contributed by atoms with Crippen molar-refractivity contribution in [2.45, 2.75) is 26.4 Å². The molecule has 130 valence electrons. The number of nitrogens with zero attached hydrogens (tertiary/aromatic N) is 2. The molecule has 2 aromatic rings. The standard InChI is InChI=1S/C19H20F2N4/c1-3-23-19(24-12-15-6-4-14(11-22)5-7-15)25-13(2)16-8-9-17(20)18(21)10-16/h4-10,13H,3,12H2,1-2H3,(H2,23,24,25). The number of aliphatic imine (C=N–C) groups is 1. The second-order valence-corrected chi connectivity index (χ2v) is 5.54. The van der Waals surface area contributed by atoms with Crippen molar-refractivity contribution in [1.29, 1.82) is 5.26 Å². The van der Waals surface area contributed by atoms with Gasteiger partial charge < -0.3 is 10.6 Å². The molecule has 0 aliphatic rings. The molecule has 0 aliphatic heterocycles. The lowest BCUT2D eigenvalue weighted by atomic mass is 10.1. The zero-order valence-electron chi connectivity index (χ0n) is 14.2. The molecule has 2 N–H and O–H groups in total. The lowest BCUT2D eigenvalue weighted by Crippen LogP contribution is -2.38. The van der Waals surface area contributed by atoms with E-state index in [9.17, 15) is 8.78 Å². The van der Waals surface area contributed by atoms with Crippen LogP contribution in [0.25, 0.3) is 0 Å². The lowest BCUT2D eigenvalue weighted by Gasteiger charge is -2.18. The van der Waals surface area contributed by atoms with Gasteiger partial charge in [-0.05, 0) is 49.2 Å². The van der Waals surface area contributed by atoms with Gasteiger partial charge in [-0.2, -0.15) is 5.26 Å². The highest BCUT2D eigenvalue weighted by Gasteiger charge is 2.10. The van der Waals surface area contributed by atoms with Crippen molar-refractivity contribution in [3.05, 3.63) is 70.8 Å². The van der Waals surface area contributed by atoms with E-state index in [0.717, 1.165) is 11.6 Å². The van der Waals surface area contributed by atoms with E-state index in [1.54, 1.807) is 18.2 Å². The minimum Gasteiger partial charge on any atom is -0.357 e. The van der Waals surface area contributed by atoms with Crippen LogP contribution >= 0.6 is 0 Å². The quantitative estimate of drug-likeness (QED) is 0.644. The number of nitriles is 1. The molecule has 1 atom stereocenters. The molecule has 0 aromatic heterocycles. The molecule has 6 heteroatoms. The van der Waals surface area contributed by atoms with E-state index in [-0.39, 0.29) is 6.04 Å². The summed E-state index contributed by atoms with van der Waals surface area (Å²) in [5.41, 5.74) is 2.20. The molecule has 0 heterocycles. The molecule has 0 saturated carbocycles. The van der Waals surface area contributed by atoms with Crippen LogP contribution in [0.3, 0.4) is 0 Å². The first-order valence-electron chi connectivity index (χ1n) is 8.02. The SMILES string of the molecule is CCNC(=NCc1ccc(C#N)cc1)NC(C)c1ccc(F)c(F)c1. The molecule has 0 spiro atoms. The van der Waals surface area contributed by atoms with Gasteiger partial charge in [-0.15, -0.1) is 0 Å². The Labute approximate surface area is 146 Å². The molecule has 2 aromatic carbocycles. The number of benzene rings is 2. The lowest BCUT2D eigenvalue weighted by molar-refractivity contribution is 0.504. The molecule has 0 saturated heterocycles. The van der Waals surface area contributed by atoms with Crippen molar-refractivity contribution in [2.24, 2.45) is 4.99 Å². The summed E-state index contributed by atoms with van der Waals surface area (Å²) in [6, 6.07) is 12.9. The number of halogens is 2. The van der Waals surface area contributed by atoms with Crippen molar-refractivity contribution in [2.75, 3.05) is 6.54 Å². The van der Waals surface area contributed by atoms with E-state index >= 15 is 0 Å². The van der Waals surface area contributed by atoms with Gasteiger partial charge in [-0.25, -0.2) is 13.8 Å². The van der Waals surface area contributed by atoms with Crippen LogP contribution in [0.2, 0.25) is 0 Å². The monoisotopic (exact) mass is 342 g/mol. The average molecular weight is 342 g/mol. The second-order valence-electron chi connectivity index (χ2n) is 5.54. The molecule has 0 fully saturated rings. The summed E-state index contributed by atoms with van der Waals surface area (Å²) >= 11 is 0. The normalized spacial score (nSPS) is 12.4. The predicted octanol–water partition coefficient (Wildman–Crippen LogP) is 3.65. The smallest absolute Gasteiger partial charge is 0.192 e. The van der Waals surface area contributed by atoms with Gasteiger partial charge in [-0.3, -0.25) is 0 Å². The Balaban J connectivity index is 2.07. The summed E-state index contributed by atoms with van der Waals surface area (Å²) in [5, 5.41) is 15.1. The molecule has 4 nitrogen and oxygen atoms in total. The van der Waals surface area contributed by atoms with Crippen molar-refractivity contribution >= 4 is 5.96 Å². The summed E-state index contributed by atoms with van der Waals surface area (Å²) < 4.78 is 26.4. The number of guanidine groups is 1. The highest BCUT2D eigenvalue weighted by atomic mass is 19.2. The van der Waals surface area contributed by atoms with Crippen molar-refractivity contribution in [3.63, 3.8) is 0 Å². The summed E-state index contributed by atoms with van der Waals surface area (Å²) in [5.74, 6) is -1.16. The van der Waals surface area contributed by atoms with Gasteiger partial charge in [0.15, 0.2) is 17.6 Å². The number of nitrogens with one attached hydrogen (secondary N) is 2. The summed E-state index contributed by atoms with van der Waals surface area (Å²) in [6.45, 7) is 4.90. The largest absolute Gasteiger partial charge is 0.357 e. The van der Waals surface area contributed by atoms with Crippen LogP contribution in [0, 0.1) is 23.0 Å². The van der Waals surface area contributed by atoms with Gasteiger partial charge in [-0.1, -0.05) is 18.2 Å². The summed E-state index contributed by atoms with van der Waals surface area (Å²) in [4.78, 5) is 4.49. The molecular formula is C19H20F2N4. The van der Waals surface area contributed by atoms with Crippen LogP contribution < -0.4 is 10.6 Å². The molecule has 2 rings (SSSR count). The van der Waals surface area contributed by atoms with Gasteiger partial charge in [0.05, 0.1) is 24.2 Å². The fraction of sp³-hybridized carbons (Fsp3) is 0.263. The summed E-state index contributed by atoms with van der Waals surface area (Å²) in [6.07, 6.45) is 0. The van der Waals surface area contributed by atoms with Gasteiger partial charge in [0, 0.05) is 6.54 Å². The molecule has 25 heavy (non-hydrogen) atoms. The number of rotatable bonds is 5. The third-order valence-electron chi connectivity index (χ3n) is 3.64. The van der Waals surface area contributed by atoms with Gasteiger partial charge in [0.2, 0.25) is 0 Å². The van der Waals surface area contributed by atoms with E-state index in [2.05, 4.69) is 21.7 Å². The zero-order valence-corrected chi connectivity index (χ0v) is 14.2. The van der Waals surface area contributed by atoms with Crippen LogP contribution in [0.15, 0.2) is 47.5 Å². The minimum atomic E-state index is -0.870. The fourth-order valence-electron chi connectivity index (χ4n) is 2.25. The van der Waals surface area contributed by atoms with Crippen LogP contribution in [0.1, 0.15) is 36.6 Å². The highest BCUT2D eigenvalue weighted by molar-refractivity contribution is 5.80. The Kier molecular flexibility index (Phi) is 6.47. The molecular weight excluding hydrogens is 322 g/mol. The van der Waals surface area contributed by atoms with E-state index in [1.165, 1.54) is 6.07 Å². The first kappa shape index (κ1) is 18.4. The fourth-order valence-corrected chi connectivity index (χ4v) is 2.25. The van der Waals surface area contributed by atoms with E-state index in [0.29, 0.717) is 30.2 Å². The topological polar surface area (TPSA) is 60.2 Å². The third-order valence-corrected chi connectivity index (χ3v) is 3.64.